The van der Waals surface area contributed by atoms with Crippen molar-refractivity contribution in [2.24, 2.45) is 0 Å². The van der Waals surface area contributed by atoms with E-state index >= 15 is 0 Å². The van der Waals surface area contributed by atoms with Crippen LogP contribution in [0.1, 0.15) is 21.5 Å². The molecule has 0 aliphatic rings. The second-order valence-electron chi connectivity index (χ2n) is 6.48. The van der Waals surface area contributed by atoms with Gasteiger partial charge in [-0.05, 0) is 67.9 Å². The summed E-state index contributed by atoms with van der Waals surface area (Å²) in [6.07, 6.45) is 0. The number of halogens is 1. The molecule has 5 heteroatoms. The molecule has 4 aromatic rings. The van der Waals surface area contributed by atoms with Crippen molar-refractivity contribution in [3.8, 4) is 11.5 Å². The molecule has 1 N–H and O–H groups in total. The van der Waals surface area contributed by atoms with Gasteiger partial charge in [0.15, 0.2) is 5.58 Å². The largest absolute Gasteiger partial charge is 0.436 e. The van der Waals surface area contributed by atoms with E-state index < -0.39 is 0 Å². The maximum absolute atomic E-state index is 13.1. The van der Waals surface area contributed by atoms with Crippen LogP contribution in [0, 0.1) is 19.7 Å². The molecule has 0 aliphatic carbocycles. The fourth-order valence-corrected chi connectivity index (χ4v) is 2.99. The summed E-state index contributed by atoms with van der Waals surface area (Å²) in [6.45, 7) is 3.91. The molecule has 3 aromatic carbocycles. The van der Waals surface area contributed by atoms with E-state index in [2.05, 4.69) is 10.3 Å². The predicted octanol–water partition coefficient (Wildman–Crippen LogP) is 5.50. The molecule has 27 heavy (non-hydrogen) atoms. The van der Waals surface area contributed by atoms with E-state index in [0.717, 1.165) is 11.1 Å². The Morgan fingerprint density at radius 2 is 1.78 bits per heavy atom. The molecule has 0 radical (unpaired) electrons. The van der Waals surface area contributed by atoms with Crippen molar-refractivity contribution >= 4 is 22.7 Å². The van der Waals surface area contributed by atoms with E-state index in [4.69, 9.17) is 4.42 Å². The SMILES string of the molecule is Cc1ccc(C(=O)Nc2ccc3oc(-c4ccc(F)cc4)nc3c2)c(C)c1. The summed E-state index contributed by atoms with van der Waals surface area (Å²) in [7, 11) is 0. The molecule has 0 unspecified atom stereocenters. The average Bonchev–Trinajstić information content (AvgIpc) is 3.05. The van der Waals surface area contributed by atoms with Gasteiger partial charge in [0.2, 0.25) is 5.89 Å². The van der Waals surface area contributed by atoms with Crippen LogP contribution in [0.4, 0.5) is 10.1 Å². The molecule has 4 rings (SSSR count). The monoisotopic (exact) mass is 360 g/mol. The molecule has 4 nitrogen and oxygen atoms in total. The summed E-state index contributed by atoms with van der Waals surface area (Å²) in [4.78, 5) is 17.0. The van der Waals surface area contributed by atoms with Crippen LogP contribution in [0.25, 0.3) is 22.6 Å². The number of nitrogens with one attached hydrogen (secondary N) is 1. The summed E-state index contributed by atoms with van der Waals surface area (Å²) < 4.78 is 18.8. The third kappa shape index (κ3) is 3.44. The second-order valence-corrected chi connectivity index (χ2v) is 6.48. The zero-order chi connectivity index (χ0) is 19.0. The highest BCUT2D eigenvalue weighted by atomic mass is 19.1. The molecule has 0 saturated heterocycles. The maximum atomic E-state index is 13.1. The molecule has 1 amide bonds. The summed E-state index contributed by atoms with van der Waals surface area (Å²) in [5, 5.41) is 2.90. The van der Waals surface area contributed by atoms with Gasteiger partial charge in [0, 0.05) is 16.8 Å². The first-order valence-corrected chi connectivity index (χ1v) is 8.55. The van der Waals surface area contributed by atoms with Gasteiger partial charge in [0.05, 0.1) is 0 Å². The lowest BCUT2D eigenvalue weighted by Gasteiger charge is -2.08. The first-order chi connectivity index (χ1) is 13.0. The van der Waals surface area contributed by atoms with Gasteiger partial charge in [-0.1, -0.05) is 17.7 Å². The Labute approximate surface area is 155 Å². The molecule has 0 saturated carbocycles. The van der Waals surface area contributed by atoms with Gasteiger partial charge < -0.3 is 9.73 Å². The minimum atomic E-state index is -0.314. The van der Waals surface area contributed by atoms with E-state index in [1.165, 1.54) is 12.1 Å². The van der Waals surface area contributed by atoms with Gasteiger partial charge in [0.25, 0.3) is 5.91 Å². The van der Waals surface area contributed by atoms with Crippen LogP contribution in [-0.2, 0) is 0 Å². The number of hydrogen-bond acceptors (Lipinski definition) is 3. The molecule has 0 spiro atoms. The number of hydrogen-bond donors (Lipinski definition) is 1. The minimum absolute atomic E-state index is 0.172. The lowest BCUT2D eigenvalue weighted by atomic mass is 10.1. The second kappa shape index (κ2) is 6.68. The summed E-state index contributed by atoms with van der Waals surface area (Å²) in [5.74, 6) is -0.0804. The van der Waals surface area contributed by atoms with Crippen molar-refractivity contribution in [3.63, 3.8) is 0 Å². The highest BCUT2D eigenvalue weighted by Crippen LogP contribution is 2.26. The van der Waals surface area contributed by atoms with Gasteiger partial charge in [-0.3, -0.25) is 4.79 Å². The third-order valence-electron chi connectivity index (χ3n) is 4.36. The van der Waals surface area contributed by atoms with Crippen molar-refractivity contribution in [1.82, 2.24) is 4.98 Å². The van der Waals surface area contributed by atoms with Crippen molar-refractivity contribution < 1.29 is 13.6 Å². The highest BCUT2D eigenvalue weighted by molar-refractivity contribution is 6.05. The summed E-state index contributed by atoms with van der Waals surface area (Å²) in [6, 6.07) is 16.9. The number of aryl methyl sites for hydroxylation is 2. The lowest BCUT2D eigenvalue weighted by Crippen LogP contribution is -2.13. The van der Waals surface area contributed by atoms with Crippen molar-refractivity contribution in [1.29, 1.82) is 0 Å². The van der Waals surface area contributed by atoms with Crippen LogP contribution in [-0.4, -0.2) is 10.9 Å². The van der Waals surface area contributed by atoms with Gasteiger partial charge in [-0.15, -0.1) is 0 Å². The van der Waals surface area contributed by atoms with Crippen LogP contribution >= 0.6 is 0 Å². The Hall–Kier alpha value is -3.47. The van der Waals surface area contributed by atoms with E-state index in [0.29, 0.717) is 33.8 Å². The molecular formula is C22H17FN2O2. The summed E-state index contributed by atoms with van der Waals surface area (Å²) in [5.41, 5.74) is 5.20. The van der Waals surface area contributed by atoms with E-state index in [-0.39, 0.29) is 11.7 Å². The van der Waals surface area contributed by atoms with Crippen LogP contribution in [0.2, 0.25) is 0 Å². The standard InChI is InChI=1S/C22H17FN2O2/c1-13-3-9-18(14(2)11-13)21(26)24-17-8-10-20-19(12-17)25-22(27-20)15-4-6-16(23)7-5-15/h3-12H,1-2H3,(H,24,26). The maximum Gasteiger partial charge on any atom is 0.255 e. The van der Waals surface area contributed by atoms with Gasteiger partial charge >= 0.3 is 0 Å². The van der Waals surface area contributed by atoms with Gasteiger partial charge in [0.1, 0.15) is 11.3 Å². The topological polar surface area (TPSA) is 55.1 Å². The van der Waals surface area contributed by atoms with Crippen LogP contribution in [0.15, 0.2) is 65.1 Å². The zero-order valence-corrected chi connectivity index (χ0v) is 14.9. The molecular weight excluding hydrogens is 343 g/mol. The number of anilines is 1. The van der Waals surface area contributed by atoms with Crippen LogP contribution < -0.4 is 5.32 Å². The molecule has 1 heterocycles. The number of fused-ring (bicyclic) bond motifs is 1. The van der Waals surface area contributed by atoms with Gasteiger partial charge in [-0.2, -0.15) is 0 Å². The van der Waals surface area contributed by atoms with E-state index in [1.807, 2.05) is 32.0 Å². The quantitative estimate of drug-likeness (QED) is 0.525. The molecule has 0 atom stereocenters. The number of benzene rings is 3. The number of amides is 1. The van der Waals surface area contributed by atoms with E-state index in [1.54, 1.807) is 30.3 Å². The Balaban J connectivity index is 1.61. The Bertz CT molecular complexity index is 1150. The normalized spacial score (nSPS) is 10.9. The molecule has 134 valence electrons. The van der Waals surface area contributed by atoms with Gasteiger partial charge in [-0.25, -0.2) is 9.37 Å². The fraction of sp³-hybridized carbons (Fsp3) is 0.0909. The third-order valence-corrected chi connectivity index (χ3v) is 4.36. The first kappa shape index (κ1) is 17.0. The number of nitrogens with zero attached hydrogens (tertiary/aromatic N) is 1. The van der Waals surface area contributed by atoms with Crippen molar-refractivity contribution in [2.45, 2.75) is 13.8 Å². The predicted molar refractivity (Wildman–Crippen MR) is 103 cm³/mol. The van der Waals surface area contributed by atoms with Crippen LogP contribution in [0.5, 0.6) is 0 Å². The first-order valence-electron chi connectivity index (χ1n) is 8.55. The molecule has 0 aliphatic heterocycles. The zero-order valence-electron chi connectivity index (χ0n) is 14.9. The summed E-state index contributed by atoms with van der Waals surface area (Å²) >= 11 is 0. The van der Waals surface area contributed by atoms with Crippen molar-refractivity contribution in [3.05, 3.63) is 83.2 Å². The number of oxazole rings is 1. The molecule has 0 fully saturated rings. The lowest BCUT2D eigenvalue weighted by molar-refractivity contribution is 0.102. The number of rotatable bonds is 3. The highest BCUT2D eigenvalue weighted by Gasteiger charge is 2.12. The number of aromatic nitrogens is 1. The van der Waals surface area contributed by atoms with Crippen molar-refractivity contribution in [2.75, 3.05) is 5.32 Å². The van der Waals surface area contributed by atoms with E-state index in [9.17, 15) is 9.18 Å². The number of carbonyl (C=O) groups excluding carboxylic acids is 1. The Morgan fingerprint density at radius 1 is 1.00 bits per heavy atom. The average molecular weight is 360 g/mol. The van der Waals surface area contributed by atoms with Crippen LogP contribution in [0.3, 0.4) is 0 Å². The Morgan fingerprint density at radius 3 is 2.52 bits per heavy atom. The fourth-order valence-electron chi connectivity index (χ4n) is 2.99. The number of carbonyl (C=O) groups is 1. The molecule has 1 aromatic heterocycles. The Kier molecular flexibility index (Phi) is 4.20. The smallest absolute Gasteiger partial charge is 0.255 e. The minimum Gasteiger partial charge on any atom is -0.436 e. The molecule has 0 bridgehead atoms.